The number of amides is 1. The van der Waals surface area contributed by atoms with Crippen LogP contribution in [0.25, 0.3) is 0 Å². The Morgan fingerprint density at radius 2 is 2.05 bits per heavy atom. The van der Waals surface area contributed by atoms with E-state index in [2.05, 4.69) is 10.3 Å². The van der Waals surface area contributed by atoms with Gasteiger partial charge in [-0.2, -0.15) is 13.2 Å². The Hall–Kier alpha value is -2.32. The van der Waals surface area contributed by atoms with Crippen LogP contribution in [0.5, 0.6) is 0 Å². The highest BCUT2D eigenvalue weighted by Gasteiger charge is 2.33. The molecule has 0 aliphatic rings. The molecule has 1 heterocycles. The summed E-state index contributed by atoms with van der Waals surface area (Å²) < 4.78 is 37.8. The molecular formula is C12H14F3N3O3. The van der Waals surface area contributed by atoms with E-state index in [1.54, 1.807) is 6.92 Å². The largest absolute Gasteiger partial charge is 0.481 e. The molecule has 1 rings (SSSR count). The average Bonchev–Trinajstić information content (AvgIpc) is 2.33. The van der Waals surface area contributed by atoms with Crippen molar-refractivity contribution in [2.75, 3.05) is 11.9 Å². The topological polar surface area (TPSA) is 105 Å². The van der Waals surface area contributed by atoms with E-state index in [9.17, 15) is 22.8 Å². The van der Waals surface area contributed by atoms with Gasteiger partial charge in [-0.15, -0.1) is 0 Å². The standard InChI is InChI=1S/C12H14F3N3O3/c1-6(4-9(19)20)5-17-11-7(10(16)21)2-3-8(18-11)12(13,14)15/h2-3,6H,4-5H2,1H3,(H2,16,21)(H,17,18)(H,19,20). The maximum atomic E-state index is 12.6. The minimum Gasteiger partial charge on any atom is -0.481 e. The molecule has 0 radical (unpaired) electrons. The molecule has 0 bridgehead atoms. The quantitative estimate of drug-likeness (QED) is 0.742. The van der Waals surface area contributed by atoms with E-state index in [-0.39, 0.29) is 30.3 Å². The third-order valence-corrected chi connectivity index (χ3v) is 2.59. The smallest absolute Gasteiger partial charge is 0.433 e. The normalized spacial score (nSPS) is 12.8. The lowest BCUT2D eigenvalue weighted by atomic mass is 10.1. The Bertz CT molecular complexity index is 546. The van der Waals surface area contributed by atoms with Gasteiger partial charge in [-0.3, -0.25) is 9.59 Å². The van der Waals surface area contributed by atoms with Crippen molar-refractivity contribution in [3.05, 3.63) is 23.4 Å². The summed E-state index contributed by atoms with van der Waals surface area (Å²) in [7, 11) is 0. The van der Waals surface area contributed by atoms with Gasteiger partial charge in [0, 0.05) is 13.0 Å². The number of aliphatic carboxylic acids is 1. The van der Waals surface area contributed by atoms with E-state index < -0.39 is 23.7 Å². The number of halogens is 3. The highest BCUT2D eigenvalue weighted by atomic mass is 19.4. The first-order valence-electron chi connectivity index (χ1n) is 5.95. The van der Waals surface area contributed by atoms with Crippen LogP contribution < -0.4 is 11.1 Å². The van der Waals surface area contributed by atoms with Crippen LogP contribution in [-0.4, -0.2) is 28.5 Å². The molecule has 0 aliphatic carbocycles. The van der Waals surface area contributed by atoms with Gasteiger partial charge in [0.05, 0.1) is 5.56 Å². The number of alkyl halides is 3. The molecule has 1 atom stereocenters. The predicted octanol–water partition coefficient (Wildman–Crippen LogP) is 1.72. The summed E-state index contributed by atoms with van der Waals surface area (Å²) in [4.78, 5) is 25.0. The maximum absolute atomic E-state index is 12.6. The summed E-state index contributed by atoms with van der Waals surface area (Å²) in [6, 6.07) is 1.59. The third kappa shape index (κ3) is 4.93. The zero-order chi connectivity index (χ0) is 16.2. The molecule has 0 fully saturated rings. The highest BCUT2D eigenvalue weighted by Crippen LogP contribution is 2.29. The van der Waals surface area contributed by atoms with E-state index in [1.807, 2.05) is 0 Å². The van der Waals surface area contributed by atoms with E-state index in [1.165, 1.54) is 0 Å². The molecule has 0 aliphatic heterocycles. The van der Waals surface area contributed by atoms with Crippen molar-refractivity contribution in [1.29, 1.82) is 0 Å². The second kappa shape index (κ2) is 6.42. The Balaban J connectivity index is 2.96. The van der Waals surface area contributed by atoms with E-state index >= 15 is 0 Å². The van der Waals surface area contributed by atoms with Crippen molar-refractivity contribution in [1.82, 2.24) is 4.98 Å². The van der Waals surface area contributed by atoms with Crippen LogP contribution in [0.2, 0.25) is 0 Å². The van der Waals surface area contributed by atoms with E-state index in [0.717, 1.165) is 6.07 Å². The Labute approximate surface area is 118 Å². The van der Waals surface area contributed by atoms with Crippen molar-refractivity contribution in [2.24, 2.45) is 11.7 Å². The average molecular weight is 305 g/mol. The number of anilines is 1. The van der Waals surface area contributed by atoms with Gasteiger partial charge >= 0.3 is 12.1 Å². The van der Waals surface area contributed by atoms with Crippen LogP contribution in [0.4, 0.5) is 19.0 Å². The zero-order valence-corrected chi connectivity index (χ0v) is 11.1. The number of nitrogens with zero attached hydrogens (tertiary/aromatic N) is 1. The first kappa shape index (κ1) is 16.7. The third-order valence-electron chi connectivity index (χ3n) is 2.59. The number of hydrogen-bond acceptors (Lipinski definition) is 4. The maximum Gasteiger partial charge on any atom is 0.433 e. The number of carbonyl (C=O) groups excluding carboxylic acids is 1. The van der Waals surface area contributed by atoms with Gasteiger partial charge in [0.2, 0.25) is 0 Å². The Morgan fingerprint density at radius 3 is 2.52 bits per heavy atom. The minimum atomic E-state index is -4.65. The monoisotopic (exact) mass is 305 g/mol. The lowest BCUT2D eigenvalue weighted by Gasteiger charge is -2.15. The van der Waals surface area contributed by atoms with Gasteiger partial charge in [-0.05, 0) is 18.1 Å². The molecule has 9 heteroatoms. The number of rotatable bonds is 6. The number of carbonyl (C=O) groups is 2. The summed E-state index contributed by atoms with van der Waals surface area (Å²) >= 11 is 0. The first-order valence-corrected chi connectivity index (χ1v) is 5.95. The van der Waals surface area contributed by atoms with Crippen molar-refractivity contribution in [3.8, 4) is 0 Å². The number of carboxylic acids is 1. The molecule has 4 N–H and O–H groups in total. The van der Waals surface area contributed by atoms with Gasteiger partial charge in [0.25, 0.3) is 5.91 Å². The van der Waals surface area contributed by atoms with E-state index in [4.69, 9.17) is 10.8 Å². The second-order valence-electron chi connectivity index (χ2n) is 4.54. The second-order valence-corrected chi connectivity index (χ2v) is 4.54. The molecule has 0 saturated heterocycles. The fourth-order valence-electron chi connectivity index (χ4n) is 1.59. The predicted molar refractivity (Wildman–Crippen MR) is 67.7 cm³/mol. The van der Waals surface area contributed by atoms with Crippen molar-refractivity contribution < 1.29 is 27.9 Å². The number of nitrogens with one attached hydrogen (secondary N) is 1. The Morgan fingerprint density at radius 1 is 1.43 bits per heavy atom. The first-order chi connectivity index (χ1) is 9.61. The fraction of sp³-hybridized carbons (Fsp3) is 0.417. The summed E-state index contributed by atoms with van der Waals surface area (Å²) in [6.07, 6.45) is -4.82. The van der Waals surface area contributed by atoms with Gasteiger partial charge in [0.1, 0.15) is 11.5 Å². The van der Waals surface area contributed by atoms with Crippen LogP contribution in [0, 0.1) is 5.92 Å². The number of pyridine rings is 1. The molecule has 0 spiro atoms. The van der Waals surface area contributed by atoms with Crippen molar-refractivity contribution in [3.63, 3.8) is 0 Å². The minimum absolute atomic E-state index is 0.0426. The fourth-order valence-corrected chi connectivity index (χ4v) is 1.59. The molecule has 21 heavy (non-hydrogen) atoms. The molecule has 1 unspecified atom stereocenters. The van der Waals surface area contributed by atoms with Gasteiger partial charge in [-0.25, -0.2) is 4.98 Å². The number of primary amides is 1. The summed E-state index contributed by atoms with van der Waals surface area (Å²) in [6.45, 7) is 1.64. The number of nitrogens with two attached hydrogens (primary N) is 1. The van der Waals surface area contributed by atoms with Crippen molar-refractivity contribution in [2.45, 2.75) is 19.5 Å². The lowest BCUT2D eigenvalue weighted by Crippen LogP contribution is -2.21. The van der Waals surface area contributed by atoms with Crippen LogP contribution in [-0.2, 0) is 11.0 Å². The lowest BCUT2D eigenvalue weighted by molar-refractivity contribution is -0.141. The van der Waals surface area contributed by atoms with E-state index in [0.29, 0.717) is 6.07 Å². The summed E-state index contributed by atoms with van der Waals surface area (Å²) in [5, 5.41) is 11.1. The van der Waals surface area contributed by atoms with Crippen LogP contribution in [0.3, 0.4) is 0 Å². The highest BCUT2D eigenvalue weighted by molar-refractivity contribution is 5.97. The number of aromatic nitrogens is 1. The van der Waals surface area contributed by atoms with Crippen molar-refractivity contribution >= 4 is 17.7 Å². The van der Waals surface area contributed by atoms with Gasteiger partial charge in [-0.1, -0.05) is 6.92 Å². The summed E-state index contributed by atoms with van der Waals surface area (Å²) in [5.74, 6) is -2.63. The molecule has 116 valence electrons. The van der Waals surface area contributed by atoms with Crippen LogP contribution in [0.1, 0.15) is 29.4 Å². The molecule has 1 aromatic heterocycles. The molecule has 0 saturated carbocycles. The summed E-state index contributed by atoms with van der Waals surface area (Å²) in [5.41, 5.74) is 3.71. The van der Waals surface area contributed by atoms with Crippen LogP contribution >= 0.6 is 0 Å². The molecule has 6 nitrogen and oxygen atoms in total. The van der Waals surface area contributed by atoms with Crippen LogP contribution in [0.15, 0.2) is 12.1 Å². The molecule has 1 amide bonds. The number of hydrogen-bond donors (Lipinski definition) is 3. The zero-order valence-electron chi connectivity index (χ0n) is 11.1. The SMILES string of the molecule is CC(CNc1nc(C(F)(F)F)ccc1C(N)=O)CC(=O)O. The van der Waals surface area contributed by atoms with Gasteiger partial charge < -0.3 is 16.2 Å². The Kier molecular flexibility index (Phi) is 5.12. The number of carboxylic acid groups (broad SMARTS) is 1. The molecule has 0 aromatic carbocycles. The van der Waals surface area contributed by atoms with Gasteiger partial charge in [0.15, 0.2) is 0 Å². The molecule has 1 aromatic rings. The molecular weight excluding hydrogens is 291 g/mol.